The summed E-state index contributed by atoms with van der Waals surface area (Å²) in [6, 6.07) is 25.8. The van der Waals surface area contributed by atoms with Gasteiger partial charge in [0.1, 0.15) is 5.75 Å². The Bertz CT molecular complexity index is 1410. The number of benzene rings is 3. The fourth-order valence-corrected chi connectivity index (χ4v) is 7.93. The van der Waals surface area contributed by atoms with Crippen LogP contribution in [0.15, 0.2) is 93.2 Å². The minimum absolute atomic E-state index is 0.000646. The van der Waals surface area contributed by atoms with Crippen molar-refractivity contribution >= 4 is 45.0 Å². The van der Waals surface area contributed by atoms with Gasteiger partial charge in [0, 0.05) is 20.8 Å². The molecule has 1 aromatic heterocycles. The lowest BCUT2D eigenvalue weighted by atomic mass is 9.78. The second-order valence-corrected chi connectivity index (χ2v) is 11.2. The van der Waals surface area contributed by atoms with Crippen LogP contribution in [0.4, 0.5) is 0 Å². The van der Waals surface area contributed by atoms with Crippen LogP contribution in [0.2, 0.25) is 0 Å². The van der Waals surface area contributed by atoms with E-state index in [9.17, 15) is 9.59 Å². The van der Waals surface area contributed by atoms with E-state index in [-0.39, 0.29) is 22.0 Å². The molecule has 3 aromatic carbocycles. The minimum Gasteiger partial charge on any atom is -0.426 e. The highest BCUT2D eigenvalue weighted by Crippen LogP contribution is 2.59. The van der Waals surface area contributed by atoms with Gasteiger partial charge in [-0.3, -0.25) is 14.2 Å². The summed E-state index contributed by atoms with van der Waals surface area (Å²) in [7, 11) is 0. The number of carbonyl (C=O) groups is 1. The molecule has 0 aliphatic carbocycles. The van der Waals surface area contributed by atoms with Gasteiger partial charge in [-0.05, 0) is 29.3 Å². The molecule has 4 nitrogen and oxygen atoms in total. The number of thioether (sulfide) groups is 1. The summed E-state index contributed by atoms with van der Waals surface area (Å²) >= 11 is 6.44. The first-order valence-corrected chi connectivity index (χ1v) is 13.1. The molecule has 2 aliphatic heterocycles. The van der Waals surface area contributed by atoms with Crippen LogP contribution in [0.1, 0.15) is 32.7 Å². The summed E-state index contributed by atoms with van der Waals surface area (Å²) in [5, 5.41) is 0.795. The molecule has 0 spiro atoms. The number of rotatable bonds is 3. The molecule has 4 aromatic rings. The summed E-state index contributed by atoms with van der Waals surface area (Å²) in [4.78, 5) is 27.5. The lowest BCUT2D eigenvalue weighted by molar-refractivity contribution is -0.140. The van der Waals surface area contributed by atoms with Crippen LogP contribution >= 0.6 is 39.0 Å². The summed E-state index contributed by atoms with van der Waals surface area (Å²) in [5.41, 5.74) is 3.08. The van der Waals surface area contributed by atoms with E-state index in [4.69, 9.17) is 4.74 Å². The van der Waals surface area contributed by atoms with E-state index in [0.29, 0.717) is 12.3 Å². The molecule has 0 fully saturated rings. The van der Waals surface area contributed by atoms with Crippen LogP contribution in [0.25, 0.3) is 0 Å². The second kappa shape index (κ2) is 8.31. The average Bonchev–Trinajstić information content (AvgIpc) is 3.15. The van der Waals surface area contributed by atoms with Crippen molar-refractivity contribution < 1.29 is 9.53 Å². The van der Waals surface area contributed by atoms with Crippen molar-refractivity contribution in [3.63, 3.8) is 0 Å². The van der Waals surface area contributed by atoms with Crippen LogP contribution in [-0.4, -0.2) is 10.5 Å². The lowest BCUT2D eigenvalue weighted by Crippen LogP contribution is -2.37. The van der Waals surface area contributed by atoms with Gasteiger partial charge in [-0.25, -0.2) is 0 Å². The molecule has 0 bridgehead atoms. The zero-order valence-corrected chi connectivity index (χ0v) is 20.5. The largest absolute Gasteiger partial charge is 0.426 e. The summed E-state index contributed by atoms with van der Waals surface area (Å²) in [5.74, 6) is -0.299. The van der Waals surface area contributed by atoms with Gasteiger partial charge < -0.3 is 4.74 Å². The Kier molecular flexibility index (Phi) is 5.28. The first kappa shape index (κ1) is 21.0. The van der Waals surface area contributed by atoms with E-state index in [1.807, 2.05) is 71.3 Å². The molecule has 3 unspecified atom stereocenters. The number of carbonyl (C=O) groups excluding carboxylic acids is 1. The lowest BCUT2D eigenvalue weighted by Gasteiger charge is -2.40. The van der Waals surface area contributed by atoms with E-state index in [0.717, 1.165) is 31.1 Å². The van der Waals surface area contributed by atoms with Gasteiger partial charge >= 0.3 is 10.8 Å². The molecule has 0 saturated heterocycles. The highest BCUT2D eigenvalue weighted by atomic mass is 79.9. The number of thiazole rings is 1. The molecule has 0 amide bonds. The molecule has 164 valence electrons. The number of halogens is 1. The third-order valence-electron chi connectivity index (χ3n) is 6.18. The minimum atomic E-state index is -0.407. The number of nitrogens with zero attached hydrogens (tertiary/aromatic N) is 1. The zero-order chi connectivity index (χ0) is 22.5. The number of fused-ring (bicyclic) bond motifs is 5. The highest BCUT2D eigenvalue weighted by Gasteiger charge is 2.50. The molecule has 2 aliphatic rings. The van der Waals surface area contributed by atoms with Gasteiger partial charge in [-0.2, -0.15) is 0 Å². The number of esters is 1. The Balaban J connectivity index is 1.57. The fourth-order valence-electron chi connectivity index (χ4n) is 4.70. The molecule has 3 heterocycles. The quantitative estimate of drug-likeness (QED) is 0.230. The predicted molar refractivity (Wildman–Crippen MR) is 134 cm³/mol. The topological polar surface area (TPSA) is 48.3 Å². The van der Waals surface area contributed by atoms with Crippen molar-refractivity contribution in [3.8, 4) is 5.75 Å². The molecule has 33 heavy (non-hydrogen) atoms. The molecular formula is C26H18BrNO3S2. The normalized spacial score (nSPS) is 21.0. The van der Waals surface area contributed by atoms with Gasteiger partial charge in [0.05, 0.1) is 22.7 Å². The van der Waals surface area contributed by atoms with Crippen LogP contribution in [0.3, 0.4) is 0 Å². The molecule has 0 saturated carbocycles. The fraction of sp³-hybridized carbons (Fsp3) is 0.154. The Labute approximate surface area is 207 Å². The third kappa shape index (κ3) is 3.59. The SMILES string of the molecule is O=C1Oc2ccc(Br)cc2C2c3sc(=O)n(Cc4ccccc4)c3SC(c3ccccc3)C12. The first-order valence-electron chi connectivity index (χ1n) is 10.6. The van der Waals surface area contributed by atoms with E-state index >= 15 is 0 Å². The standard InChI is InChI=1S/C26H18BrNO3S2/c27-17-11-12-19-18(13-17)20-21(25(29)31-19)22(16-9-5-2-6-10-16)32-24-23(20)33-26(30)28(24)14-15-7-3-1-4-8-15/h1-13,20-22H,14H2. The monoisotopic (exact) mass is 535 g/mol. The van der Waals surface area contributed by atoms with E-state index in [1.54, 1.807) is 11.8 Å². The second-order valence-electron chi connectivity index (χ2n) is 8.16. The Morgan fingerprint density at radius 1 is 0.939 bits per heavy atom. The van der Waals surface area contributed by atoms with E-state index in [2.05, 4.69) is 28.1 Å². The van der Waals surface area contributed by atoms with E-state index < -0.39 is 5.92 Å². The summed E-state index contributed by atoms with van der Waals surface area (Å²) < 4.78 is 8.59. The Morgan fingerprint density at radius 2 is 1.67 bits per heavy atom. The van der Waals surface area contributed by atoms with Gasteiger partial charge in [-0.1, -0.05) is 99.7 Å². The van der Waals surface area contributed by atoms with Crippen LogP contribution in [0.5, 0.6) is 5.75 Å². The van der Waals surface area contributed by atoms with Crippen LogP contribution in [-0.2, 0) is 11.3 Å². The number of hydrogen-bond donors (Lipinski definition) is 0. The predicted octanol–water partition coefficient (Wildman–Crippen LogP) is 6.23. The maximum absolute atomic E-state index is 13.3. The summed E-state index contributed by atoms with van der Waals surface area (Å²) in [6.07, 6.45) is 0. The zero-order valence-electron chi connectivity index (χ0n) is 17.3. The molecule has 3 atom stereocenters. The van der Waals surface area contributed by atoms with Crippen LogP contribution in [0, 0.1) is 5.92 Å². The van der Waals surface area contributed by atoms with Crippen molar-refractivity contribution in [1.82, 2.24) is 4.57 Å². The van der Waals surface area contributed by atoms with Gasteiger partial charge in [-0.15, -0.1) is 0 Å². The molecule has 0 radical (unpaired) electrons. The van der Waals surface area contributed by atoms with Crippen molar-refractivity contribution in [1.29, 1.82) is 0 Å². The van der Waals surface area contributed by atoms with Gasteiger partial charge in [0.2, 0.25) is 0 Å². The van der Waals surface area contributed by atoms with Gasteiger partial charge in [0.25, 0.3) is 0 Å². The number of ether oxygens (including phenoxy) is 1. The maximum atomic E-state index is 13.3. The van der Waals surface area contributed by atoms with Gasteiger partial charge in [0.15, 0.2) is 0 Å². The molecule has 6 rings (SSSR count). The molecular weight excluding hydrogens is 518 g/mol. The molecule has 7 heteroatoms. The van der Waals surface area contributed by atoms with Crippen molar-refractivity contribution in [2.75, 3.05) is 0 Å². The van der Waals surface area contributed by atoms with Crippen molar-refractivity contribution in [2.24, 2.45) is 5.92 Å². The van der Waals surface area contributed by atoms with Crippen molar-refractivity contribution in [3.05, 3.63) is 115 Å². The third-order valence-corrected chi connectivity index (χ3v) is 9.35. The Hall–Kier alpha value is -2.61. The smallest absolute Gasteiger partial charge is 0.316 e. The molecule has 0 N–H and O–H groups in total. The maximum Gasteiger partial charge on any atom is 0.316 e. The van der Waals surface area contributed by atoms with Crippen molar-refractivity contribution in [2.45, 2.75) is 22.7 Å². The highest BCUT2D eigenvalue weighted by molar-refractivity contribution is 9.10. The summed E-state index contributed by atoms with van der Waals surface area (Å²) in [6.45, 7) is 0.507. The van der Waals surface area contributed by atoms with Crippen LogP contribution < -0.4 is 9.61 Å². The Morgan fingerprint density at radius 3 is 2.42 bits per heavy atom. The first-order chi connectivity index (χ1) is 16.1. The number of aromatic nitrogens is 1. The average molecular weight is 536 g/mol. The van der Waals surface area contributed by atoms with E-state index in [1.165, 1.54) is 11.3 Å². The number of hydrogen-bond acceptors (Lipinski definition) is 5.